The predicted molar refractivity (Wildman–Crippen MR) is 80.6 cm³/mol. The third-order valence-corrected chi connectivity index (χ3v) is 5.38. The number of rotatable bonds is 4. The van der Waals surface area contributed by atoms with Crippen molar-refractivity contribution >= 4 is 39.3 Å². The highest BCUT2D eigenvalue weighted by Gasteiger charge is 2.24. The summed E-state index contributed by atoms with van der Waals surface area (Å²) in [6.07, 6.45) is 5.71. The Labute approximate surface area is 115 Å². The minimum Gasteiger partial charge on any atom is -0.351 e. The van der Waals surface area contributed by atoms with Gasteiger partial charge in [0.1, 0.15) is 4.83 Å². The molecule has 0 radical (unpaired) electrons. The Bertz CT molecular complexity index is 526. The number of thiophene rings is 1. The van der Waals surface area contributed by atoms with Gasteiger partial charge < -0.3 is 5.32 Å². The molecule has 2 aromatic rings. The number of hydrogen-bond donors (Lipinski definition) is 1. The standard InChI is InChI=1S/C13H17N3S2/c1-2-17-11-4-3-10(7-11)15-13-14-8-9-5-6-18-12(9)16-13/h5-6,8,10-11H,2-4,7H2,1H3,(H,14,15,16). The van der Waals surface area contributed by atoms with E-state index in [1.807, 2.05) is 6.20 Å². The summed E-state index contributed by atoms with van der Waals surface area (Å²) in [5.41, 5.74) is 0. The molecule has 2 heterocycles. The molecule has 3 rings (SSSR count). The number of hydrogen-bond acceptors (Lipinski definition) is 5. The van der Waals surface area contributed by atoms with Crippen molar-refractivity contribution in [2.24, 2.45) is 0 Å². The van der Waals surface area contributed by atoms with Crippen LogP contribution < -0.4 is 5.32 Å². The van der Waals surface area contributed by atoms with Gasteiger partial charge in [-0.15, -0.1) is 11.3 Å². The fraction of sp³-hybridized carbons (Fsp3) is 0.538. The van der Waals surface area contributed by atoms with Crippen LogP contribution in [0.2, 0.25) is 0 Å². The number of nitrogens with zero attached hydrogens (tertiary/aromatic N) is 2. The number of thioether (sulfide) groups is 1. The first-order chi connectivity index (χ1) is 8.85. The normalized spacial score (nSPS) is 23.6. The molecule has 0 saturated heterocycles. The zero-order valence-electron chi connectivity index (χ0n) is 10.4. The van der Waals surface area contributed by atoms with Crippen LogP contribution in [0.3, 0.4) is 0 Å². The molecule has 0 spiro atoms. The average Bonchev–Trinajstić information content (AvgIpc) is 2.98. The maximum absolute atomic E-state index is 4.56. The van der Waals surface area contributed by atoms with E-state index >= 15 is 0 Å². The van der Waals surface area contributed by atoms with Gasteiger partial charge in [0, 0.05) is 22.9 Å². The molecule has 2 atom stereocenters. The van der Waals surface area contributed by atoms with Crippen molar-refractivity contribution in [3.63, 3.8) is 0 Å². The molecule has 2 unspecified atom stereocenters. The van der Waals surface area contributed by atoms with Gasteiger partial charge in [0.2, 0.25) is 5.95 Å². The molecule has 1 aliphatic rings. The van der Waals surface area contributed by atoms with Gasteiger partial charge in [0.15, 0.2) is 0 Å². The monoisotopic (exact) mass is 279 g/mol. The molecule has 0 aromatic carbocycles. The van der Waals surface area contributed by atoms with Crippen LogP contribution in [0.1, 0.15) is 26.2 Å². The molecule has 1 aliphatic carbocycles. The number of anilines is 1. The zero-order chi connectivity index (χ0) is 12.4. The SMILES string of the molecule is CCSC1CCC(Nc2ncc3ccsc3n2)C1. The highest BCUT2D eigenvalue weighted by Crippen LogP contribution is 2.31. The van der Waals surface area contributed by atoms with E-state index in [0.717, 1.165) is 21.4 Å². The van der Waals surface area contributed by atoms with Gasteiger partial charge in [-0.25, -0.2) is 9.97 Å². The summed E-state index contributed by atoms with van der Waals surface area (Å²) < 4.78 is 0. The lowest BCUT2D eigenvalue weighted by atomic mass is 10.2. The van der Waals surface area contributed by atoms with Crippen molar-refractivity contribution < 1.29 is 0 Å². The molecule has 0 bridgehead atoms. The minimum atomic E-state index is 0.548. The van der Waals surface area contributed by atoms with E-state index in [1.165, 1.54) is 25.0 Å². The summed E-state index contributed by atoms with van der Waals surface area (Å²) in [4.78, 5) is 10.0. The van der Waals surface area contributed by atoms with Crippen LogP contribution in [-0.2, 0) is 0 Å². The quantitative estimate of drug-likeness (QED) is 0.924. The lowest BCUT2D eigenvalue weighted by Gasteiger charge is -2.12. The topological polar surface area (TPSA) is 37.8 Å². The zero-order valence-corrected chi connectivity index (χ0v) is 12.1. The maximum atomic E-state index is 4.56. The molecular formula is C13H17N3S2. The Morgan fingerprint density at radius 2 is 2.44 bits per heavy atom. The Hall–Kier alpha value is -0.810. The van der Waals surface area contributed by atoms with Crippen molar-refractivity contribution in [2.75, 3.05) is 11.1 Å². The molecule has 5 heteroatoms. The molecular weight excluding hydrogens is 262 g/mol. The van der Waals surface area contributed by atoms with Crippen LogP contribution >= 0.6 is 23.1 Å². The predicted octanol–water partition coefficient (Wildman–Crippen LogP) is 3.78. The smallest absolute Gasteiger partial charge is 0.224 e. The van der Waals surface area contributed by atoms with Gasteiger partial charge in [-0.05, 0) is 36.5 Å². The van der Waals surface area contributed by atoms with Crippen molar-refractivity contribution in [1.29, 1.82) is 0 Å². The van der Waals surface area contributed by atoms with Crippen LogP contribution in [-0.4, -0.2) is 27.0 Å². The maximum Gasteiger partial charge on any atom is 0.224 e. The van der Waals surface area contributed by atoms with Crippen LogP contribution in [0.5, 0.6) is 0 Å². The molecule has 0 amide bonds. The molecule has 1 fully saturated rings. The summed E-state index contributed by atoms with van der Waals surface area (Å²) in [6, 6.07) is 2.61. The summed E-state index contributed by atoms with van der Waals surface area (Å²) in [5, 5.41) is 7.50. The second kappa shape index (κ2) is 5.45. The minimum absolute atomic E-state index is 0.548. The molecule has 1 N–H and O–H groups in total. The second-order valence-corrected chi connectivity index (χ2v) is 7.08. The lowest BCUT2D eigenvalue weighted by Crippen LogP contribution is -2.17. The van der Waals surface area contributed by atoms with Gasteiger partial charge in [0.25, 0.3) is 0 Å². The third kappa shape index (κ3) is 2.62. The Morgan fingerprint density at radius 3 is 3.33 bits per heavy atom. The summed E-state index contributed by atoms with van der Waals surface area (Å²) in [7, 11) is 0. The second-order valence-electron chi connectivity index (χ2n) is 4.61. The molecule has 1 saturated carbocycles. The first kappa shape index (κ1) is 12.2. The van der Waals surface area contributed by atoms with E-state index in [2.05, 4.69) is 45.4 Å². The highest BCUT2D eigenvalue weighted by atomic mass is 32.2. The molecule has 96 valence electrons. The Balaban J connectivity index is 1.65. The van der Waals surface area contributed by atoms with Crippen LogP contribution in [0.15, 0.2) is 17.6 Å². The molecule has 18 heavy (non-hydrogen) atoms. The van der Waals surface area contributed by atoms with Crippen molar-refractivity contribution in [3.05, 3.63) is 17.6 Å². The largest absolute Gasteiger partial charge is 0.351 e. The first-order valence-electron chi connectivity index (χ1n) is 6.43. The lowest BCUT2D eigenvalue weighted by molar-refractivity contribution is 0.747. The van der Waals surface area contributed by atoms with Gasteiger partial charge in [-0.1, -0.05) is 6.92 Å². The number of aromatic nitrogens is 2. The van der Waals surface area contributed by atoms with Crippen molar-refractivity contribution in [1.82, 2.24) is 9.97 Å². The van der Waals surface area contributed by atoms with Crippen LogP contribution in [0, 0.1) is 0 Å². The highest BCUT2D eigenvalue weighted by molar-refractivity contribution is 7.99. The number of fused-ring (bicyclic) bond motifs is 1. The third-order valence-electron chi connectivity index (χ3n) is 3.33. The fourth-order valence-corrected chi connectivity index (χ4v) is 4.35. The van der Waals surface area contributed by atoms with E-state index in [0.29, 0.717) is 6.04 Å². The van der Waals surface area contributed by atoms with Crippen molar-refractivity contribution in [3.8, 4) is 0 Å². The average molecular weight is 279 g/mol. The first-order valence-corrected chi connectivity index (χ1v) is 8.36. The van der Waals surface area contributed by atoms with Gasteiger partial charge in [-0.3, -0.25) is 0 Å². The summed E-state index contributed by atoms with van der Waals surface area (Å²) >= 11 is 3.75. The van der Waals surface area contributed by atoms with Gasteiger partial charge >= 0.3 is 0 Å². The van der Waals surface area contributed by atoms with E-state index in [9.17, 15) is 0 Å². The Kier molecular flexibility index (Phi) is 3.70. The number of nitrogens with one attached hydrogen (secondary N) is 1. The molecule has 3 nitrogen and oxygen atoms in total. The van der Waals surface area contributed by atoms with E-state index in [4.69, 9.17) is 0 Å². The van der Waals surface area contributed by atoms with E-state index < -0.39 is 0 Å². The van der Waals surface area contributed by atoms with Crippen molar-refractivity contribution in [2.45, 2.75) is 37.5 Å². The summed E-state index contributed by atoms with van der Waals surface area (Å²) in [6.45, 7) is 2.24. The van der Waals surface area contributed by atoms with Gasteiger partial charge in [0.05, 0.1) is 0 Å². The van der Waals surface area contributed by atoms with Crippen LogP contribution in [0.4, 0.5) is 5.95 Å². The molecule has 0 aliphatic heterocycles. The van der Waals surface area contributed by atoms with Crippen LogP contribution in [0.25, 0.3) is 10.2 Å². The molecule has 2 aromatic heterocycles. The fourth-order valence-electron chi connectivity index (χ4n) is 2.47. The Morgan fingerprint density at radius 1 is 1.50 bits per heavy atom. The van der Waals surface area contributed by atoms with Gasteiger partial charge in [-0.2, -0.15) is 11.8 Å². The summed E-state index contributed by atoms with van der Waals surface area (Å²) in [5.74, 6) is 2.01. The van der Waals surface area contributed by atoms with E-state index in [1.54, 1.807) is 11.3 Å². The van der Waals surface area contributed by atoms with E-state index in [-0.39, 0.29) is 0 Å².